The van der Waals surface area contributed by atoms with E-state index in [-0.39, 0.29) is 5.91 Å². The van der Waals surface area contributed by atoms with Crippen molar-refractivity contribution >= 4 is 22.5 Å². The fourth-order valence-corrected chi connectivity index (χ4v) is 4.66. The summed E-state index contributed by atoms with van der Waals surface area (Å²) in [6, 6.07) is 22.8. The number of carbonyl (C=O) groups is 1. The molecule has 0 saturated carbocycles. The lowest BCUT2D eigenvalue weighted by Crippen LogP contribution is -2.30. The fraction of sp³-hybridized carbons (Fsp3) is 0.154. The van der Waals surface area contributed by atoms with Crippen LogP contribution in [0.15, 0.2) is 83.6 Å². The minimum absolute atomic E-state index is 0.131. The second-order valence-corrected chi connectivity index (χ2v) is 8.18. The molecule has 5 nitrogen and oxygen atoms in total. The van der Waals surface area contributed by atoms with Gasteiger partial charge in [-0.1, -0.05) is 60.7 Å². The lowest BCUT2D eigenvalue weighted by molar-refractivity contribution is 0.0942. The molecule has 0 spiro atoms. The predicted molar refractivity (Wildman–Crippen MR) is 120 cm³/mol. The molecule has 152 valence electrons. The first-order valence-electron chi connectivity index (χ1n) is 10.6. The zero-order valence-electron chi connectivity index (χ0n) is 16.9. The third kappa shape index (κ3) is 3.10. The molecule has 1 amide bonds. The van der Waals surface area contributed by atoms with Gasteiger partial charge in [0.05, 0.1) is 0 Å². The van der Waals surface area contributed by atoms with Crippen LogP contribution < -0.4 is 5.32 Å². The summed E-state index contributed by atoms with van der Waals surface area (Å²) in [5.74, 6) is 0.702. The van der Waals surface area contributed by atoms with E-state index in [0.717, 1.165) is 29.2 Å². The Morgan fingerprint density at radius 3 is 2.55 bits per heavy atom. The molecule has 0 radical (unpaired) electrons. The first kappa shape index (κ1) is 18.0. The topological polar surface area (TPSA) is 59.5 Å². The van der Waals surface area contributed by atoms with Crippen molar-refractivity contribution in [3.05, 3.63) is 96.0 Å². The SMILES string of the molecule is O=C(NCC1Cc2ccccc2C1)c1c(-c2ccc3ccccc3c2)nc2occn12. The molecule has 1 aliphatic rings. The molecule has 0 fully saturated rings. The maximum absolute atomic E-state index is 13.3. The Bertz CT molecular complexity index is 1400. The van der Waals surface area contributed by atoms with E-state index in [2.05, 4.69) is 58.8 Å². The molecule has 5 aromatic rings. The highest BCUT2D eigenvalue weighted by Crippen LogP contribution is 2.29. The van der Waals surface area contributed by atoms with Gasteiger partial charge in [0.2, 0.25) is 0 Å². The van der Waals surface area contributed by atoms with Gasteiger partial charge < -0.3 is 9.73 Å². The lowest BCUT2D eigenvalue weighted by Gasteiger charge is -2.11. The molecular weight excluding hydrogens is 386 g/mol. The third-order valence-corrected chi connectivity index (χ3v) is 6.19. The van der Waals surface area contributed by atoms with E-state index in [1.165, 1.54) is 11.1 Å². The van der Waals surface area contributed by atoms with Crippen LogP contribution in [-0.4, -0.2) is 21.8 Å². The Labute approximate surface area is 179 Å². The number of amides is 1. The van der Waals surface area contributed by atoms with Crippen LogP contribution >= 0.6 is 0 Å². The number of oxazole rings is 1. The summed E-state index contributed by atoms with van der Waals surface area (Å²) in [5, 5.41) is 5.41. The van der Waals surface area contributed by atoms with Crippen molar-refractivity contribution in [1.29, 1.82) is 0 Å². The molecule has 5 heteroatoms. The highest BCUT2D eigenvalue weighted by Gasteiger charge is 2.25. The molecule has 1 aliphatic carbocycles. The van der Waals surface area contributed by atoms with Crippen molar-refractivity contribution in [2.75, 3.05) is 6.54 Å². The average Bonchev–Trinajstić information content (AvgIpc) is 3.50. The zero-order valence-corrected chi connectivity index (χ0v) is 16.9. The molecule has 3 aromatic carbocycles. The third-order valence-electron chi connectivity index (χ3n) is 6.19. The largest absolute Gasteiger partial charge is 0.432 e. The maximum atomic E-state index is 13.3. The Morgan fingerprint density at radius 2 is 1.74 bits per heavy atom. The summed E-state index contributed by atoms with van der Waals surface area (Å²) in [7, 11) is 0. The predicted octanol–water partition coefficient (Wildman–Crippen LogP) is 4.89. The summed E-state index contributed by atoms with van der Waals surface area (Å²) >= 11 is 0. The van der Waals surface area contributed by atoms with Crippen molar-refractivity contribution in [1.82, 2.24) is 14.7 Å². The van der Waals surface area contributed by atoms with E-state index < -0.39 is 0 Å². The van der Waals surface area contributed by atoms with E-state index in [1.807, 2.05) is 18.2 Å². The molecule has 0 unspecified atom stereocenters. The molecule has 0 saturated heterocycles. The molecule has 0 atom stereocenters. The molecule has 0 aliphatic heterocycles. The normalized spacial score (nSPS) is 13.7. The van der Waals surface area contributed by atoms with Gasteiger partial charge in [-0.2, -0.15) is 4.98 Å². The summed E-state index contributed by atoms with van der Waals surface area (Å²) in [4.78, 5) is 17.9. The molecule has 2 heterocycles. The number of hydrogen-bond donors (Lipinski definition) is 1. The Hall–Kier alpha value is -3.86. The van der Waals surface area contributed by atoms with E-state index in [9.17, 15) is 4.79 Å². The molecule has 31 heavy (non-hydrogen) atoms. The van der Waals surface area contributed by atoms with Gasteiger partial charge in [0.1, 0.15) is 17.7 Å². The number of fused-ring (bicyclic) bond motifs is 3. The van der Waals surface area contributed by atoms with E-state index >= 15 is 0 Å². The standard InChI is InChI=1S/C26H21N3O2/c30-25(27-16-17-13-19-6-3-4-7-20(19)14-17)24-23(28-26-29(24)11-12-31-26)22-10-9-18-5-1-2-8-21(18)15-22/h1-12,15,17H,13-14,16H2,(H,27,30). The van der Waals surface area contributed by atoms with Gasteiger partial charge in [0.15, 0.2) is 0 Å². The maximum Gasteiger partial charge on any atom is 0.306 e. The van der Waals surface area contributed by atoms with Crippen LogP contribution in [0, 0.1) is 5.92 Å². The quantitative estimate of drug-likeness (QED) is 0.461. The van der Waals surface area contributed by atoms with Gasteiger partial charge in [-0.25, -0.2) is 0 Å². The van der Waals surface area contributed by atoms with Crippen molar-refractivity contribution in [2.45, 2.75) is 12.8 Å². The van der Waals surface area contributed by atoms with Crippen LogP contribution in [0.5, 0.6) is 0 Å². The molecule has 1 N–H and O–H groups in total. The number of nitrogens with zero attached hydrogens (tertiary/aromatic N) is 2. The van der Waals surface area contributed by atoms with Crippen LogP contribution in [0.25, 0.3) is 27.9 Å². The van der Waals surface area contributed by atoms with E-state index in [1.54, 1.807) is 16.9 Å². The number of aromatic nitrogens is 2. The minimum Gasteiger partial charge on any atom is -0.432 e. The number of benzene rings is 3. The number of carbonyl (C=O) groups excluding carboxylic acids is 1. The van der Waals surface area contributed by atoms with Crippen molar-refractivity contribution in [2.24, 2.45) is 5.92 Å². The van der Waals surface area contributed by atoms with Gasteiger partial charge in [-0.15, -0.1) is 0 Å². The second-order valence-electron chi connectivity index (χ2n) is 8.18. The van der Waals surface area contributed by atoms with Gasteiger partial charge in [0, 0.05) is 18.3 Å². The van der Waals surface area contributed by atoms with Gasteiger partial charge in [0.25, 0.3) is 5.91 Å². The molecule has 6 rings (SSSR count). The first-order valence-corrected chi connectivity index (χ1v) is 10.6. The van der Waals surface area contributed by atoms with Crippen LogP contribution in [-0.2, 0) is 12.8 Å². The second kappa shape index (κ2) is 7.13. The zero-order chi connectivity index (χ0) is 20.8. The van der Waals surface area contributed by atoms with E-state index in [4.69, 9.17) is 4.42 Å². The molecule has 0 bridgehead atoms. The fourth-order valence-electron chi connectivity index (χ4n) is 4.66. The van der Waals surface area contributed by atoms with Gasteiger partial charge in [-0.3, -0.25) is 9.20 Å². The summed E-state index contributed by atoms with van der Waals surface area (Å²) in [5.41, 5.74) is 4.82. The highest BCUT2D eigenvalue weighted by molar-refractivity contribution is 6.00. The first-order chi connectivity index (χ1) is 15.3. The summed E-state index contributed by atoms with van der Waals surface area (Å²) in [6.07, 6.45) is 5.30. The van der Waals surface area contributed by atoms with Crippen molar-refractivity contribution in [3.63, 3.8) is 0 Å². The number of rotatable bonds is 4. The minimum atomic E-state index is -0.131. The lowest BCUT2D eigenvalue weighted by atomic mass is 10.0. The van der Waals surface area contributed by atoms with Crippen molar-refractivity contribution < 1.29 is 9.21 Å². The van der Waals surface area contributed by atoms with Crippen LogP contribution in [0.1, 0.15) is 21.6 Å². The monoisotopic (exact) mass is 407 g/mol. The van der Waals surface area contributed by atoms with Crippen LogP contribution in [0.4, 0.5) is 0 Å². The smallest absolute Gasteiger partial charge is 0.306 e. The summed E-state index contributed by atoms with van der Waals surface area (Å²) in [6.45, 7) is 0.635. The van der Waals surface area contributed by atoms with Crippen LogP contribution in [0.3, 0.4) is 0 Å². The number of nitrogens with one attached hydrogen (secondary N) is 1. The Kier molecular flexibility index (Phi) is 4.13. The van der Waals surface area contributed by atoms with Gasteiger partial charge >= 0.3 is 5.84 Å². The molecule has 2 aromatic heterocycles. The van der Waals surface area contributed by atoms with Crippen LogP contribution in [0.2, 0.25) is 0 Å². The Morgan fingerprint density at radius 1 is 1.00 bits per heavy atom. The van der Waals surface area contributed by atoms with Crippen molar-refractivity contribution in [3.8, 4) is 11.3 Å². The van der Waals surface area contributed by atoms with E-state index in [0.29, 0.717) is 29.7 Å². The van der Waals surface area contributed by atoms with Gasteiger partial charge in [-0.05, 0) is 46.7 Å². The highest BCUT2D eigenvalue weighted by atomic mass is 16.3. The summed E-state index contributed by atoms with van der Waals surface area (Å²) < 4.78 is 7.22. The number of imidazole rings is 1. The number of hydrogen-bond acceptors (Lipinski definition) is 3. The molecular formula is C26H21N3O2. The Balaban J connectivity index is 1.30. The average molecular weight is 407 g/mol.